The summed E-state index contributed by atoms with van der Waals surface area (Å²) >= 11 is 0. The molecule has 2 unspecified atom stereocenters. The lowest BCUT2D eigenvalue weighted by molar-refractivity contribution is -0.138. The molecule has 1 aromatic carbocycles. The summed E-state index contributed by atoms with van der Waals surface area (Å²) in [5.74, 6) is -2.26. The highest BCUT2D eigenvalue weighted by atomic mass is 19.4. The van der Waals surface area contributed by atoms with Gasteiger partial charge in [0.05, 0.1) is 23.4 Å². The Morgan fingerprint density at radius 1 is 1.09 bits per heavy atom. The molecule has 0 aliphatic heterocycles. The van der Waals surface area contributed by atoms with Crippen molar-refractivity contribution in [3.8, 4) is 0 Å². The summed E-state index contributed by atoms with van der Waals surface area (Å²) in [7, 11) is 0. The molecule has 1 aliphatic carbocycles. The van der Waals surface area contributed by atoms with E-state index in [1.54, 1.807) is 0 Å². The van der Waals surface area contributed by atoms with Crippen molar-refractivity contribution < 1.29 is 27.9 Å². The van der Waals surface area contributed by atoms with Crippen LogP contribution in [-0.4, -0.2) is 29.1 Å². The molecule has 0 radical (unpaired) electrons. The van der Waals surface area contributed by atoms with Crippen molar-refractivity contribution in [1.29, 1.82) is 0 Å². The molecule has 0 bridgehead atoms. The summed E-state index contributed by atoms with van der Waals surface area (Å²) in [6.07, 6.45) is -2.70. The third-order valence-corrected chi connectivity index (χ3v) is 3.73. The third-order valence-electron chi connectivity index (χ3n) is 3.73. The molecule has 1 saturated carbocycles. The highest BCUT2D eigenvalue weighted by molar-refractivity contribution is 6.39. The lowest BCUT2D eigenvalue weighted by Crippen LogP contribution is -2.48. The van der Waals surface area contributed by atoms with Gasteiger partial charge in [-0.25, -0.2) is 0 Å². The number of nitrogens with one attached hydrogen (secondary N) is 2. The Kier molecular flexibility index (Phi) is 5.25. The Bertz CT molecular complexity index is 590. The number of alkyl halides is 3. The maximum absolute atomic E-state index is 12.8. The number of hydrogen-bond acceptors (Lipinski definition) is 3. The molecule has 0 aromatic heterocycles. The van der Waals surface area contributed by atoms with Crippen LogP contribution in [0.2, 0.25) is 0 Å². The molecule has 2 atom stereocenters. The Labute approximate surface area is 130 Å². The fourth-order valence-corrected chi connectivity index (χ4v) is 2.53. The molecule has 126 valence electrons. The van der Waals surface area contributed by atoms with Crippen molar-refractivity contribution in [2.75, 3.05) is 5.32 Å². The van der Waals surface area contributed by atoms with E-state index < -0.39 is 41.4 Å². The molecule has 0 spiro atoms. The summed E-state index contributed by atoms with van der Waals surface area (Å²) < 4.78 is 38.5. The molecular formula is C15H17F3N2O3. The number of aliphatic hydroxyl groups is 1. The lowest BCUT2D eigenvalue weighted by Gasteiger charge is -2.28. The second kappa shape index (κ2) is 6.99. The van der Waals surface area contributed by atoms with Gasteiger partial charge in [0.1, 0.15) is 0 Å². The Balaban J connectivity index is 2.03. The number of hydrogen-bond donors (Lipinski definition) is 3. The van der Waals surface area contributed by atoms with Crippen molar-refractivity contribution in [3.63, 3.8) is 0 Å². The van der Waals surface area contributed by atoms with Crippen molar-refractivity contribution in [1.82, 2.24) is 5.32 Å². The van der Waals surface area contributed by atoms with Gasteiger partial charge in [-0.05, 0) is 25.0 Å². The summed E-state index contributed by atoms with van der Waals surface area (Å²) in [5, 5.41) is 14.1. The first-order chi connectivity index (χ1) is 10.8. The first kappa shape index (κ1) is 17.3. The second-order valence-corrected chi connectivity index (χ2v) is 5.43. The van der Waals surface area contributed by atoms with E-state index in [1.807, 2.05) is 5.32 Å². The zero-order valence-electron chi connectivity index (χ0n) is 12.2. The van der Waals surface area contributed by atoms with Crippen LogP contribution in [-0.2, 0) is 15.8 Å². The predicted octanol–water partition coefficient (Wildman–Crippen LogP) is 2.06. The molecule has 1 fully saturated rings. The highest BCUT2D eigenvalue weighted by Gasteiger charge is 2.34. The normalized spacial score (nSPS) is 21.6. The monoisotopic (exact) mass is 330 g/mol. The summed E-state index contributed by atoms with van der Waals surface area (Å²) in [6.45, 7) is 0. The van der Waals surface area contributed by atoms with Crippen molar-refractivity contribution in [3.05, 3.63) is 29.8 Å². The fourth-order valence-electron chi connectivity index (χ4n) is 2.53. The molecule has 2 amide bonds. The van der Waals surface area contributed by atoms with E-state index in [9.17, 15) is 27.9 Å². The van der Waals surface area contributed by atoms with Crippen LogP contribution < -0.4 is 10.6 Å². The minimum Gasteiger partial charge on any atom is -0.391 e. The van der Waals surface area contributed by atoms with Crippen LogP contribution in [0, 0.1) is 0 Å². The maximum atomic E-state index is 12.8. The number of rotatable bonds is 2. The molecule has 1 aromatic rings. The molecule has 2 rings (SSSR count). The molecule has 5 nitrogen and oxygen atoms in total. The van der Waals surface area contributed by atoms with E-state index in [0.29, 0.717) is 12.8 Å². The van der Waals surface area contributed by atoms with Crippen molar-refractivity contribution in [2.45, 2.75) is 44.0 Å². The zero-order valence-corrected chi connectivity index (χ0v) is 12.2. The van der Waals surface area contributed by atoms with Crippen LogP contribution in [0.25, 0.3) is 0 Å². The molecule has 0 heterocycles. The van der Waals surface area contributed by atoms with Crippen molar-refractivity contribution in [2.24, 2.45) is 0 Å². The predicted molar refractivity (Wildman–Crippen MR) is 76.5 cm³/mol. The summed E-state index contributed by atoms with van der Waals surface area (Å²) in [4.78, 5) is 23.6. The van der Waals surface area contributed by atoms with Gasteiger partial charge in [-0.15, -0.1) is 0 Å². The van der Waals surface area contributed by atoms with E-state index >= 15 is 0 Å². The van der Waals surface area contributed by atoms with E-state index in [1.165, 1.54) is 12.1 Å². The number of carbonyl (C=O) groups excluding carboxylic acids is 2. The SMILES string of the molecule is O=C(Nc1ccccc1C(F)(F)F)C(=O)NC1CCCCC1O. The smallest absolute Gasteiger partial charge is 0.391 e. The molecule has 1 aliphatic rings. The Hall–Kier alpha value is -2.09. The van der Waals surface area contributed by atoms with Crippen LogP contribution in [0.3, 0.4) is 0 Å². The molecule has 0 saturated heterocycles. The average molecular weight is 330 g/mol. The number of carbonyl (C=O) groups is 2. The first-order valence-electron chi connectivity index (χ1n) is 7.25. The van der Waals surface area contributed by atoms with Gasteiger partial charge >= 0.3 is 18.0 Å². The van der Waals surface area contributed by atoms with Crippen LogP contribution in [0.5, 0.6) is 0 Å². The minimum absolute atomic E-state index is 0.482. The van der Waals surface area contributed by atoms with Crippen LogP contribution in [0.4, 0.5) is 18.9 Å². The van der Waals surface area contributed by atoms with Gasteiger partial charge in [0, 0.05) is 0 Å². The average Bonchev–Trinajstić information content (AvgIpc) is 2.49. The van der Waals surface area contributed by atoms with Gasteiger partial charge in [0.15, 0.2) is 0 Å². The van der Waals surface area contributed by atoms with Gasteiger partial charge in [0.2, 0.25) is 0 Å². The zero-order chi connectivity index (χ0) is 17.0. The van der Waals surface area contributed by atoms with Crippen LogP contribution >= 0.6 is 0 Å². The molecular weight excluding hydrogens is 313 g/mol. The molecule has 3 N–H and O–H groups in total. The minimum atomic E-state index is -4.64. The number of anilines is 1. The Morgan fingerprint density at radius 3 is 2.39 bits per heavy atom. The van der Waals surface area contributed by atoms with Gasteiger partial charge in [-0.2, -0.15) is 13.2 Å². The lowest BCUT2D eigenvalue weighted by atomic mass is 9.92. The topological polar surface area (TPSA) is 78.4 Å². The first-order valence-corrected chi connectivity index (χ1v) is 7.25. The van der Waals surface area contributed by atoms with Gasteiger partial charge in [0.25, 0.3) is 0 Å². The highest BCUT2D eigenvalue weighted by Crippen LogP contribution is 2.34. The summed E-state index contributed by atoms with van der Waals surface area (Å²) in [5.41, 5.74) is -1.51. The number of benzene rings is 1. The van der Waals surface area contributed by atoms with E-state index in [2.05, 4.69) is 5.32 Å². The number of para-hydroxylation sites is 1. The third kappa shape index (κ3) is 4.44. The quantitative estimate of drug-likeness (QED) is 0.726. The maximum Gasteiger partial charge on any atom is 0.418 e. The number of aliphatic hydroxyl groups excluding tert-OH is 1. The fraction of sp³-hybridized carbons (Fsp3) is 0.467. The van der Waals surface area contributed by atoms with E-state index in [0.717, 1.165) is 25.0 Å². The van der Waals surface area contributed by atoms with Gasteiger partial charge in [-0.3, -0.25) is 9.59 Å². The standard InChI is InChI=1S/C15H17F3N2O3/c16-15(17,18)9-5-1-2-6-10(9)19-13(22)14(23)20-11-7-3-4-8-12(11)21/h1-2,5-6,11-12,21H,3-4,7-8H2,(H,19,22)(H,20,23). The van der Waals surface area contributed by atoms with Gasteiger partial charge < -0.3 is 15.7 Å². The van der Waals surface area contributed by atoms with Crippen molar-refractivity contribution >= 4 is 17.5 Å². The van der Waals surface area contributed by atoms with Gasteiger partial charge in [-0.1, -0.05) is 25.0 Å². The number of halogens is 3. The summed E-state index contributed by atoms with van der Waals surface area (Å²) in [6, 6.07) is 3.85. The van der Waals surface area contributed by atoms with E-state index in [4.69, 9.17) is 0 Å². The number of amides is 2. The van der Waals surface area contributed by atoms with E-state index in [-0.39, 0.29) is 0 Å². The second-order valence-electron chi connectivity index (χ2n) is 5.43. The molecule has 23 heavy (non-hydrogen) atoms. The van der Waals surface area contributed by atoms with Crippen LogP contribution in [0.15, 0.2) is 24.3 Å². The Morgan fingerprint density at radius 2 is 1.74 bits per heavy atom. The molecule has 8 heteroatoms. The largest absolute Gasteiger partial charge is 0.418 e. The van der Waals surface area contributed by atoms with Crippen LogP contribution in [0.1, 0.15) is 31.2 Å².